The molecule has 70 valence electrons. The van der Waals surface area contributed by atoms with Gasteiger partial charge >= 0.3 is 0 Å². The highest BCUT2D eigenvalue weighted by Gasteiger charge is 2.25. The molecule has 0 aliphatic heterocycles. The Bertz CT molecular complexity index is 168. The molecule has 1 aliphatic carbocycles. The van der Waals surface area contributed by atoms with Gasteiger partial charge in [0.1, 0.15) is 0 Å². The maximum Gasteiger partial charge on any atom is 0.243 e. The molecule has 0 radical (unpaired) electrons. The van der Waals surface area contributed by atoms with Crippen LogP contribution in [-0.4, -0.2) is 11.5 Å². The van der Waals surface area contributed by atoms with E-state index < -0.39 is 0 Å². The van der Waals surface area contributed by atoms with Crippen LogP contribution in [0.25, 0.3) is 0 Å². The molecule has 1 fully saturated rings. The highest BCUT2D eigenvalue weighted by atomic mass is 16.7. The summed E-state index contributed by atoms with van der Waals surface area (Å²) in [5.74, 6) is 0.626. The molecule has 0 unspecified atom stereocenters. The average molecular weight is 171 g/mol. The largest absolute Gasteiger partial charge is 0.273 e. The maximum absolute atomic E-state index is 11.1. The van der Waals surface area contributed by atoms with Gasteiger partial charge in [-0.15, -0.1) is 0 Å². The molecule has 1 rings (SSSR count). The molecule has 1 saturated carbocycles. The molecule has 1 N–H and O–H groups in total. The molecule has 3 heteroatoms. The molecule has 12 heavy (non-hydrogen) atoms. The van der Waals surface area contributed by atoms with E-state index in [2.05, 4.69) is 5.48 Å². The van der Waals surface area contributed by atoms with Crippen molar-refractivity contribution in [3.8, 4) is 0 Å². The van der Waals surface area contributed by atoms with Crippen molar-refractivity contribution in [1.29, 1.82) is 0 Å². The van der Waals surface area contributed by atoms with Gasteiger partial charge in [-0.25, -0.2) is 5.48 Å². The first kappa shape index (κ1) is 9.52. The zero-order chi connectivity index (χ0) is 9.19. The molecule has 0 spiro atoms. The van der Waals surface area contributed by atoms with Crippen molar-refractivity contribution in [2.24, 2.45) is 5.92 Å². The standard InChI is InChI=1S/C9H17NO2/c1-9(2,3)12-10-8(11)6-7-4-5-7/h7H,4-6H2,1-3H3,(H,10,11). The molecule has 0 atom stereocenters. The number of carbonyl (C=O) groups excluding carboxylic acids is 1. The topological polar surface area (TPSA) is 38.3 Å². The second-order valence-corrected chi connectivity index (χ2v) is 4.39. The van der Waals surface area contributed by atoms with Gasteiger partial charge in [0.05, 0.1) is 5.60 Å². The lowest BCUT2D eigenvalue weighted by atomic mass is 10.2. The highest BCUT2D eigenvalue weighted by Crippen LogP contribution is 2.32. The fourth-order valence-electron chi connectivity index (χ4n) is 0.836. The van der Waals surface area contributed by atoms with Gasteiger partial charge in [0, 0.05) is 6.42 Å². The molecule has 1 aliphatic rings. The third-order valence-electron chi connectivity index (χ3n) is 1.64. The fourth-order valence-corrected chi connectivity index (χ4v) is 0.836. The summed E-state index contributed by atoms with van der Waals surface area (Å²) < 4.78 is 0. The van der Waals surface area contributed by atoms with E-state index in [0.29, 0.717) is 12.3 Å². The Morgan fingerprint density at radius 3 is 2.50 bits per heavy atom. The Labute approximate surface area is 73.4 Å². The smallest absolute Gasteiger partial charge is 0.243 e. The number of rotatable bonds is 3. The summed E-state index contributed by atoms with van der Waals surface area (Å²) in [7, 11) is 0. The molecular weight excluding hydrogens is 154 g/mol. The first-order valence-electron chi connectivity index (χ1n) is 4.44. The van der Waals surface area contributed by atoms with Crippen LogP contribution in [0.4, 0.5) is 0 Å². The van der Waals surface area contributed by atoms with Crippen LogP contribution >= 0.6 is 0 Å². The summed E-state index contributed by atoms with van der Waals surface area (Å²) in [6.45, 7) is 5.72. The molecule has 0 bridgehead atoms. The summed E-state index contributed by atoms with van der Waals surface area (Å²) in [5.41, 5.74) is 2.16. The van der Waals surface area contributed by atoms with E-state index in [1.54, 1.807) is 0 Å². The van der Waals surface area contributed by atoms with Gasteiger partial charge in [0.25, 0.3) is 0 Å². The third kappa shape index (κ3) is 4.34. The monoisotopic (exact) mass is 171 g/mol. The Morgan fingerprint density at radius 1 is 1.50 bits per heavy atom. The van der Waals surface area contributed by atoms with Gasteiger partial charge in [0.2, 0.25) is 5.91 Å². The highest BCUT2D eigenvalue weighted by molar-refractivity contribution is 5.75. The Hall–Kier alpha value is -0.570. The number of carbonyl (C=O) groups is 1. The molecule has 0 aromatic heterocycles. The predicted octanol–water partition coefficient (Wildman–Crippen LogP) is 1.63. The van der Waals surface area contributed by atoms with E-state index in [1.807, 2.05) is 20.8 Å². The molecule has 0 aromatic rings. The summed E-state index contributed by atoms with van der Waals surface area (Å²) in [4.78, 5) is 16.2. The fraction of sp³-hybridized carbons (Fsp3) is 0.889. The Balaban J connectivity index is 2.09. The van der Waals surface area contributed by atoms with Crippen LogP contribution in [0.1, 0.15) is 40.0 Å². The van der Waals surface area contributed by atoms with Crippen LogP contribution in [0.5, 0.6) is 0 Å². The summed E-state index contributed by atoms with van der Waals surface area (Å²) in [6.07, 6.45) is 3.02. The molecule has 0 saturated heterocycles. The van der Waals surface area contributed by atoms with Crippen molar-refractivity contribution < 1.29 is 9.63 Å². The normalized spacial score (nSPS) is 17.6. The predicted molar refractivity (Wildman–Crippen MR) is 46.3 cm³/mol. The van der Waals surface area contributed by atoms with Crippen LogP contribution in [-0.2, 0) is 9.63 Å². The maximum atomic E-state index is 11.1. The van der Waals surface area contributed by atoms with Crippen LogP contribution in [0.2, 0.25) is 0 Å². The second kappa shape index (κ2) is 3.44. The summed E-state index contributed by atoms with van der Waals surface area (Å²) >= 11 is 0. The lowest BCUT2D eigenvalue weighted by Crippen LogP contribution is -2.33. The van der Waals surface area contributed by atoms with Crippen molar-refractivity contribution >= 4 is 5.91 Å². The van der Waals surface area contributed by atoms with Gasteiger partial charge in [-0.3, -0.25) is 9.63 Å². The number of nitrogens with one attached hydrogen (secondary N) is 1. The SMILES string of the molecule is CC(C)(C)ONC(=O)CC1CC1. The summed E-state index contributed by atoms with van der Waals surface area (Å²) in [5, 5.41) is 0. The lowest BCUT2D eigenvalue weighted by Gasteiger charge is -2.18. The summed E-state index contributed by atoms with van der Waals surface area (Å²) in [6, 6.07) is 0. The second-order valence-electron chi connectivity index (χ2n) is 4.39. The average Bonchev–Trinajstić information content (AvgIpc) is 2.66. The lowest BCUT2D eigenvalue weighted by molar-refractivity contribution is -0.145. The van der Waals surface area contributed by atoms with Crippen molar-refractivity contribution in [2.75, 3.05) is 0 Å². The third-order valence-corrected chi connectivity index (χ3v) is 1.64. The van der Waals surface area contributed by atoms with Gasteiger partial charge < -0.3 is 0 Å². The quantitative estimate of drug-likeness (QED) is 0.655. The van der Waals surface area contributed by atoms with Gasteiger partial charge in [-0.1, -0.05) is 0 Å². The minimum atomic E-state index is -0.292. The van der Waals surface area contributed by atoms with Crippen molar-refractivity contribution in [1.82, 2.24) is 5.48 Å². The van der Waals surface area contributed by atoms with Gasteiger partial charge in [-0.05, 0) is 39.5 Å². The van der Waals surface area contributed by atoms with Crippen molar-refractivity contribution in [3.05, 3.63) is 0 Å². The molecule has 1 amide bonds. The first-order chi connectivity index (χ1) is 5.47. The van der Waals surface area contributed by atoms with Crippen LogP contribution in [0, 0.1) is 5.92 Å². The molecule has 0 aromatic carbocycles. The van der Waals surface area contributed by atoms with E-state index in [0.717, 1.165) is 0 Å². The molecule has 0 heterocycles. The van der Waals surface area contributed by atoms with E-state index in [-0.39, 0.29) is 11.5 Å². The number of hydroxylamine groups is 1. The van der Waals surface area contributed by atoms with E-state index in [9.17, 15) is 4.79 Å². The van der Waals surface area contributed by atoms with Crippen LogP contribution in [0.3, 0.4) is 0 Å². The van der Waals surface area contributed by atoms with Crippen molar-refractivity contribution in [2.45, 2.75) is 45.6 Å². The van der Waals surface area contributed by atoms with E-state index in [4.69, 9.17) is 4.84 Å². The number of amides is 1. The molecular formula is C9H17NO2. The van der Waals surface area contributed by atoms with Gasteiger partial charge in [-0.2, -0.15) is 0 Å². The molecule has 3 nitrogen and oxygen atoms in total. The van der Waals surface area contributed by atoms with E-state index >= 15 is 0 Å². The zero-order valence-corrected chi connectivity index (χ0v) is 8.02. The first-order valence-corrected chi connectivity index (χ1v) is 4.44. The van der Waals surface area contributed by atoms with Crippen LogP contribution in [0.15, 0.2) is 0 Å². The zero-order valence-electron chi connectivity index (χ0n) is 8.02. The number of hydrogen-bond donors (Lipinski definition) is 1. The van der Waals surface area contributed by atoms with Gasteiger partial charge in [0.15, 0.2) is 0 Å². The Morgan fingerprint density at radius 2 is 2.08 bits per heavy atom. The minimum Gasteiger partial charge on any atom is -0.273 e. The number of hydrogen-bond acceptors (Lipinski definition) is 2. The van der Waals surface area contributed by atoms with Crippen molar-refractivity contribution in [3.63, 3.8) is 0 Å². The van der Waals surface area contributed by atoms with E-state index in [1.165, 1.54) is 12.8 Å². The van der Waals surface area contributed by atoms with Crippen LogP contribution < -0.4 is 5.48 Å². The minimum absolute atomic E-state index is 0.00688. The Kier molecular flexibility index (Phi) is 2.73.